The second-order valence-electron chi connectivity index (χ2n) is 1.84. The molecule has 0 aromatic carbocycles. The zero-order valence-corrected chi connectivity index (χ0v) is 10.3. The van der Waals surface area contributed by atoms with Gasteiger partial charge in [-0.2, -0.15) is 43.2 Å². The fourth-order valence-electron chi connectivity index (χ4n) is 0. The average Bonchev–Trinajstić information content (AvgIpc) is 1.77. The number of rotatable bonds is 0. The minimum absolute atomic E-state index is 0. The third kappa shape index (κ3) is 9.78. The molecule has 0 heterocycles. The summed E-state index contributed by atoms with van der Waals surface area (Å²) < 4.78 is 115. The third-order valence-electron chi connectivity index (χ3n) is 0.585. The molecule has 0 rings (SSSR count). The first-order valence-electron chi connectivity index (χ1n) is 2.57. The van der Waals surface area contributed by atoms with Crippen LogP contribution in [0.15, 0.2) is 0 Å². The monoisotopic (exact) mass is 348 g/mol. The van der Waals surface area contributed by atoms with E-state index in [0.717, 1.165) is 0 Å². The van der Waals surface area contributed by atoms with E-state index in [-0.39, 0.29) is 21.7 Å². The van der Waals surface area contributed by atoms with E-state index in [0.29, 0.717) is 0 Å². The summed E-state index contributed by atoms with van der Waals surface area (Å²) in [6, 6.07) is 0. The van der Waals surface area contributed by atoms with Gasteiger partial charge in [-0.05, 0) is 0 Å². The molecule has 2 N–H and O–H groups in total. The minimum atomic E-state index is -5.84. The summed E-state index contributed by atoms with van der Waals surface area (Å²) in [5.74, 6) is 0. The fraction of sp³-hybridized carbons (Fsp3) is 1.00. The summed E-state index contributed by atoms with van der Waals surface area (Å²) in [6.45, 7) is 0. The molecule has 0 aromatic heterocycles. The summed E-state index contributed by atoms with van der Waals surface area (Å²) in [4.78, 5) is 0. The molecule has 6 nitrogen and oxygen atoms in total. The SMILES string of the molecule is O=S(=O)(O)C(F)(F)F.O=S(=O)(O)C(F)(F)F.[Ti]. The van der Waals surface area contributed by atoms with Gasteiger partial charge in [0.1, 0.15) is 0 Å². The van der Waals surface area contributed by atoms with Gasteiger partial charge in [-0.1, -0.05) is 0 Å². The van der Waals surface area contributed by atoms with Crippen LogP contribution in [-0.2, 0) is 42.0 Å². The summed E-state index contributed by atoms with van der Waals surface area (Å²) in [5.41, 5.74) is -11.1. The maximum absolute atomic E-state index is 10.7. The Bertz CT molecular complexity index is 374. The molecule has 0 aliphatic rings. The quantitative estimate of drug-likeness (QED) is 0.290. The molecule has 0 aliphatic carbocycles. The van der Waals surface area contributed by atoms with Crippen molar-refractivity contribution in [2.24, 2.45) is 0 Å². The molecule has 0 aliphatic heterocycles. The van der Waals surface area contributed by atoms with E-state index in [1.165, 1.54) is 0 Å². The Hall–Kier alpha value is 0.114. The molecular formula is C2H2F6O6S2Ti. The van der Waals surface area contributed by atoms with Crippen LogP contribution in [0.5, 0.6) is 0 Å². The molecular weight excluding hydrogens is 346 g/mol. The van der Waals surface area contributed by atoms with Crippen molar-refractivity contribution in [3.63, 3.8) is 0 Å². The smallest absolute Gasteiger partial charge is 0.279 e. The molecule has 17 heavy (non-hydrogen) atoms. The molecule has 0 fully saturated rings. The van der Waals surface area contributed by atoms with Gasteiger partial charge >= 0.3 is 31.3 Å². The van der Waals surface area contributed by atoms with Crippen molar-refractivity contribution in [2.75, 3.05) is 0 Å². The number of halogens is 6. The molecule has 0 amide bonds. The number of alkyl halides is 6. The molecule has 0 aromatic rings. The predicted octanol–water partition coefficient (Wildman–Crippen LogP) is 0.786. The Labute approximate surface area is 105 Å². The first-order chi connectivity index (χ1) is 6.50. The zero-order valence-electron chi connectivity index (χ0n) is 7.11. The van der Waals surface area contributed by atoms with Gasteiger partial charge in [-0.3, -0.25) is 9.11 Å². The molecule has 0 atom stereocenters. The molecule has 0 saturated carbocycles. The van der Waals surface area contributed by atoms with Gasteiger partial charge in [0.05, 0.1) is 0 Å². The van der Waals surface area contributed by atoms with E-state index in [2.05, 4.69) is 0 Å². The van der Waals surface area contributed by atoms with E-state index in [9.17, 15) is 26.3 Å². The van der Waals surface area contributed by atoms with Crippen LogP contribution in [0.2, 0.25) is 0 Å². The van der Waals surface area contributed by atoms with Gasteiger partial charge in [0, 0.05) is 21.7 Å². The van der Waals surface area contributed by atoms with Crippen LogP contribution >= 0.6 is 0 Å². The Balaban J connectivity index is -0.000000218. The van der Waals surface area contributed by atoms with E-state index in [4.69, 9.17) is 25.9 Å². The molecule has 0 bridgehead atoms. The fourth-order valence-corrected chi connectivity index (χ4v) is 0. The molecule has 0 radical (unpaired) electrons. The Morgan fingerprint density at radius 3 is 0.706 bits per heavy atom. The van der Waals surface area contributed by atoms with Crippen LogP contribution in [0.25, 0.3) is 0 Å². The Morgan fingerprint density at radius 1 is 0.647 bits per heavy atom. The molecule has 0 saturated heterocycles. The van der Waals surface area contributed by atoms with Crippen molar-refractivity contribution < 1.29 is 74.0 Å². The summed E-state index contributed by atoms with van der Waals surface area (Å²) >= 11 is 0. The van der Waals surface area contributed by atoms with Gasteiger partial charge in [0.25, 0.3) is 0 Å². The van der Waals surface area contributed by atoms with E-state index < -0.39 is 31.3 Å². The topological polar surface area (TPSA) is 109 Å². The molecule has 15 heteroatoms. The predicted molar refractivity (Wildman–Crippen MR) is 35.2 cm³/mol. The van der Waals surface area contributed by atoms with Crippen molar-refractivity contribution in [3.05, 3.63) is 0 Å². The van der Waals surface area contributed by atoms with Crippen molar-refractivity contribution in [2.45, 2.75) is 11.0 Å². The van der Waals surface area contributed by atoms with Crippen molar-refractivity contribution >= 4 is 20.2 Å². The van der Waals surface area contributed by atoms with Crippen LogP contribution < -0.4 is 0 Å². The van der Waals surface area contributed by atoms with Crippen LogP contribution in [0.1, 0.15) is 0 Å². The normalized spacial score (nSPS) is 13.2. The van der Waals surface area contributed by atoms with Gasteiger partial charge in [-0.25, -0.2) is 0 Å². The van der Waals surface area contributed by atoms with Gasteiger partial charge in [0.15, 0.2) is 0 Å². The van der Waals surface area contributed by atoms with Gasteiger partial charge < -0.3 is 0 Å². The van der Waals surface area contributed by atoms with Gasteiger partial charge in [0.2, 0.25) is 0 Å². The Kier molecular flexibility index (Phi) is 8.31. The van der Waals surface area contributed by atoms with Crippen LogP contribution in [-0.4, -0.2) is 37.0 Å². The standard InChI is InChI=1S/2CHF3O3S.Ti/c2*2-1(3,4)8(5,6)7;/h2*(H,5,6,7);. The summed E-state index contributed by atoms with van der Waals surface area (Å²) in [6.07, 6.45) is 0. The Morgan fingerprint density at radius 2 is 0.706 bits per heavy atom. The largest absolute Gasteiger partial charge is 0.522 e. The van der Waals surface area contributed by atoms with Crippen LogP contribution in [0.3, 0.4) is 0 Å². The molecule has 0 spiro atoms. The number of hydrogen-bond acceptors (Lipinski definition) is 4. The minimum Gasteiger partial charge on any atom is -0.279 e. The summed E-state index contributed by atoms with van der Waals surface area (Å²) in [5, 5.41) is 0. The van der Waals surface area contributed by atoms with Crippen molar-refractivity contribution in [1.82, 2.24) is 0 Å². The maximum atomic E-state index is 10.7. The van der Waals surface area contributed by atoms with E-state index >= 15 is 0 Å². The van der Waals surface area contributed by atoms with E-state index in [1.807, 2.05) is 0 Å². The first-order valence-corrected chi connectivity index (χ1v) is 5.45. The zero-order chi connectivity index (χ0) is 14.0. The maximum Gasteiger partial charge on any atom is 0.522 e. The van der Waals surface area contributed by atoms with Crippen LogP contribution in [0, 0.1) is 0 Å². The van der Waals surface area contributed by atoms with Crippen molar-refractivity contribution in [1.29, 1.82) is 0 Å². The van der Waals surface area contributed by atoms with Gasteiger partial charge in [-0.15, -0.1) is 0 Å². The molecule has 0 unspecified atom stereocenters. The average molecular weight is 348 g/mol. The van der Waals surface area contributed by atoms with Crippen molar-refractivity contribution in [3.8, 4) is 0 Å². The summed E-state index contributed by atoms with van der Waals surface area (Å²) in [7, 11) is -11.7. The number of hydrogen-bond donors (Lipinski definition) is 2. The van der Waals surface area contributed by atoms with E-state index in [1.54, 1.807) is 0 Å². The third-order valence-corrected chi connectivity index (χ3v) is 1.75. The second kappa shape index (κ2) is 6.33. The molecule has 104 valence electrons. The second-order valence-corrected chi connectivity index (χ2v) is 4.67. The van der Waals surface area contributed by atoms with Crippen LogP contribution in [0.4, 0.5) is 26.3 Å². The first kappa shape index (κ1) is 22.3.